The lowest BCUT2D eigenvalue weighted by atomic mass is 10.2. The van der Waals surface area contributed by atoms with Gasteiger partial charge in [0.15, 0.2) is 11.6 Å². The molecular formula is C42H34N8O9. The molecule has 0 amide bonds. The van der Waals surface area contributed by atoms with E-state index in [1.165, 1.54) is 0 Å². The lowest BCUT2D eigenvalue weighted by Crippen LogP contribution is -1.93. The second kappa shape index (κ2) is 21.4. The van der Waals surface area contributed by atoms with E-state index >= 15 is 0 Å². The minimum atomic E-state index is -1.26. The highest BCUT2D eigenvalue weighted by Gasteiger charge is 2.06. The van der Waals surface area contributed by atoms with Crippen LogP contribution in [0.3, 0.4) is 0 Å². The van der Waals surface area contributed by atoms with Crippen molar-refractivity contribution < 1.29 is 45.1 Å². The van der Waals surface area contributed by atoms with E-state index in [1.807, 2.05) is 119 Å². The predicted molar refractivity (Wildman–Crippen MR) is 217 cm³/mol. The van der Waals surface area contributed by atoms with Gasteiger partial charge in [-0.1, -0.05) is 60.7 Å². The summed E-state index contributed by atoms with van der Waals surface area (Å²) in [6.07, 6.45) is 16.9. The highest BCUT2D eigenvalue weighted by atomic mass is 16.4. The molecule has 0 radical (unpaired) electrons. The number of carbonyl (C=O) groups is 4. The van der Waals surface area contributed by atoms with Crippen LogP contribution in [0.5, 0.6) is 0 Å². The van der Waals surface area contributed by atoms with Crippen molar-refractivity contribution in [2.24, 2.45) is 0 Å². The van der Waals surface area contributed by atoms with Gasteiger partial charge in [-0.15, -0.1) is 0 Å². The number of carboxylic acid groups (broad SMARTS) is 4. The third-order valence-electron chi connectivity index (χ3n) is 7.53. The first-order chi connectivity index (χ1) is 28.0. The van der Waals surface area contributed by atoms with E-state index in [0.29, 0.717) is 24.3 Å². The smallest absolute Gasteiger partial charge is 0.328 e. The third-order valence-corrected chi connectivity index (χ3v) is 7.53. The van der Waals surface area contributed by atoms with Crippen LogP contribution in [0.4, 0.5) is 0 Å². The number of aromatic nitrogens is 8. The zero-order valence-electron chi connectivity index (χ0n) is 30.7. The largest absolute Gasteiger partial charge is 0.478 e. The van der Waals surface area contributed by atoms with E-state index in [-0.39, 0.29) is 5.48 Å². The highest BCUT2D eigenvalue weighted by molar-refractivity contribution is 5.90. The van der Waals surface area contributed by atoms with Crippen molar-refractivity contribution in [2.45, 2.75) is 0 Å². The van der Waals surface area contributed by atoms with E-state index in [1.54, 1.807) is 25.0 Å². The Morgan fingerprint density at radius 2 is 0.847 bits per heavy atom. The van der Waals surface area contributed by atoms with Gasteiger partial charge in [0.1, 0.15) is 0 Å². The van der Waals surface area contributed by atoms with Crippen molar-refractivity contribution in [1.82, 2.24) is 39.0 Å². The Morgan fingerprint density at radius 1 is 0.492 bits per heavy atom. The van der Waals surface area contributed by atoms with Gasteiger partial charge in [-0.25, -0.2) is 49.1 Å². The van der Waals surface area contributed by atoms with Crippen LogP contribution in [-0.2, 0) is 19.2 Å². The quantitative estimate of drug-likeness (QED) is 0.137. The number of imidazole rings is 2. The number of aliphatic carboxylic acids is 4. The number of hydrogen-bond donors (Lipinski definition) is 4. The van der Waals surface area contributed by atoms with Crippen LogP contribution in [-0.4, -0.2) is 88.8 Å². The molecule has 0 saturated carbocycles. The minimum absolute atomic E-state index is 0. The molecule has 8 rings (SSSR count). The van der Waals surface area contributed by atoms with E-state index < -0.39 is 23.9 Å². The van der Waals surface area contributed by atoms with Gasteiger partial charge in [-0.2, -0.15) is 0 Å². The molecule has 0 spiro atoms. The fraction of sp³-hybridized carbons (Fsp3) is 0. The van der Waals surface area contributed by atoms with Gasteiger partial charge in [0.2, 0.25) is 0 Å². The average molecular weight is 795 g/mol. The van der Waals surface area contributed by atoms with Crippen molar-refractivity contribution in [2.75, 3.05) is 0 Å². The second-order valence-corrected chi connectivity index (χ2v) is 11.6. The number of fused-ring (bicyclic) bond motifs is 2. The minimum Gasteiger partial charge on any atom is -0.478 e. The zero-order valence-corrected chi connectivity index (χ0v) is 30.7. The molecule has 0 atom stereocenters. The zero-order chi connectivity index (χ0) is 41.3. The topological polar surface area (TPSA) is 268 Å². The fourth-order valence-electron chi connectivity index (χ4n) is 4.92. The SMILES string of the molecule is O.O=C(O)C=CC(=O)O.O=C(O)C=CC(=O)O.c1ccc(-c2ncc3cc(-n4ccnc4)ccc3n2)cc1.c1ccc(-c2ncc3cc(-n4ccnc4)ccc3n2)cc1. The number of carboxylic acids is 4. The summed E-state index contributed by atoms with van der Waals surface area (Å²) in [4.78, 5) is 64.5. The molecule has 0 aliphatic carbocycles. The molecule has 296 valence electrons. The Labute approximate surface area is 334 Å². The molecule has 0 aliphatic heterocycles. The van der Waals surface area contributed by atoms with Crippen LogP contribution in [0.15, 0.2) is 171 Å². The van der Waals surface area contributed by atoms with Gasteiger partial charge in [0, 0.05) is 94.8 Å². The van der Waals surface area contributed by atoms with Crippen LogP contribution >= 0.6 is 0 Å². The summed E-state index contributed by atoms with van der Waals surface area (Å²) >= 11 is 0. The van der Waals surface area contributed by atoms with E-state index in [0.717, 1.165) is 56.0 Å². The summed E-state index contributed by atoms with van der Waals surface area (Å²) in [5.41, 5.74) is 6.03. The predicted octanol–water partition coefficient (Wildman–Crippen LogP) is 5.56. The van der Waals surface area contributed by atoms with Crippen molar-refractivity contribution in [3.63, 3.8) is 0 Å². The Hall–Kier alpha value is -8.70. The van der Waals surface area contributed by atoms with Crippen molar-refractivity contribution in [1.29, 1.82) is 0 Å². The summed E-state index contributed by atoms with van der Waals surface area (Å²) in [5.74, 6) is -3.53. The van der Waals surface area contributed by atoms with Gasteiger partial charge in [-0.3, -0.25) is 0 Å². The first kappa shape index (κ1) is 43.0. The second-order valence-electron chi connectivity index (χ2n) is 11.6. The molecule has 59 heavy (non-hydrogen) atoms. The molecule has 0 bridgehead atoms. The molecule has 4 aromatic heterocycles. The standard InChI is InChI=1S/2C17H12N4.2C4H4O4.H2O/c2*1-2-4-13(5-3-1)17-19-11-14-10-15(6-7-16(14)20-17)21-9-8-18-12-21;2*5-3(6)1-2-4(7)8;/h2*1-12H;2*1-2H,(H,5,6)(H,7,8);1H2. The molecule has 0 fully saturated rings. The molecule has 4 aromatic carbocycles. The average Bonchev–Trinajstić information content (AvgIpc) is 3.99. The Bertz CT molecular complexity index is 2470. The van der Waals surface area contributed by atoms with Gasteiger partial charge in [0.25, 0.3) is 0 Å². The Balaban J connectivity index is 0.000000191. The maximum absolute atomic E-state index is 9.55. The normalized spacial score (nSPS) is 10.3. The lowest BCUT2D eigenvalue weighted by molar-refractivity contribution is -0.134. The first-order valence-corrected chi connectivity index (χ1v) is 16.9. The van der Waals surface area contributed by atoms with Crippen molar-refractivity contribution in [3.05, 3.63) is 171 Å². The third kappa shape index (κ3) is 13.2. The molecule has 6 N–H and O–H groups in total. The summed E-state index contributed by atoms with van der Waals surface area (Å²) in [7, 11) is 0. The van der Waals surface area contributed by atoms with Gasteiger partial charge in [-0.05, 0) is 36.4 Å². The molecule has 8 aromatic rings. The maximum Gasteiger partial charge on any atom is 0.328 e. The first-order valence-electron chi connectivity index (χ1n) is 16.9. The fourth-order valence-corrected chi connectivity index (χ4v) is 4.92. The number of nitrogens with zero attached hydrogens (tertiary/aromatic N) is 8. The molecule has 17 heteroatoms. The van der Waals surface area contributed by atoms with E-state index in [2.05, 4.69) is 42.0 Å². The molecule has 0 aliphatic rings. The van der Waals surface area contributed by atoms with Crippen LogP contribution in [0.25, 0.3) is 56.0 Å². The number of benzene rings is 4. The monoisotopic (exact) mass is 794 g/mol. The lowest BCUT2D eigenvalue weighted by Gasteiger charge is -2.05. The summed E-state index contributed by atoms with van der Waals surface area (Å²) in [6, 6.07) is 32.2. The summed E-state index contributed by atoms with van der Waals surface area (Å²) in [5, 5.41) is 33.3. The Kier molecular flexibility index (Phi) is 15.6. The maximum atomic E-state index is 9.55. The molecule has 0 saturated heterocycles. The number of rotatable bonds is 8. The van der Waals surface area contributed by atoms with Gasteiger partial charge < -0.3 is 35.0 Å². The Morgan fingerprint density at radius 3 is 1.15 bits per heavy atom. The van der Waals surface area contributed by atoms with Gasteiger partial charge in [0.05, 0.1) is 23.7 Å². The van der Waals surface area contributed by atoms with Crippen molar-refractivity contribution in [3.8, 4) is 34.2 Å². The number of hydrogen-bond acceptors (Lipinski definition) is 10. The van der Waals surface area contributed by atoms with Gasteiger partial charge >= 0.3 is 23.9 Å². The summed E-state index contributed by atoms with van der Waals surface area (Å²) in [6.45, 7) is 0. The summed E-state index contributed by atoms with van der Waals surface area (Å²) < 4.78 is 3.93. The van der Waals surface area contributed by atoms with Crippen molar-refractivity contribution >= 4 is 45.7 Å². The highest BCUT2D eigenvalue weighted by Crippen LogP contribution is 2.22. The molecule has 17 nitrogen and oxygen atoms in total. The molecule has 4 heterocycles. The van der Waals surface area contributed by atoms with Crippen LogP contribution in [0.1, 0.15) is 0 Å². The molecule has 0 unspecified atom stereocenters. The molecular weight excluding hydrogens is 761 g/mol. The van der Waals surface area contributed by atoms with Crippen LogP contribution < -0.4 is 0 Å². The van der Waals surface area contributed by atoms with Crippen LogP contribution in [0.2, 0.25) is 0 Å². The van der Waals surface area contributed by atoms with E-state index in [4.69, 9.17) is 20.4 Å². The van der Waals surface area contributed by atoms with E-state index in [9.17, 15) is 19.2 Å². The van der Waals surface area contributed by atoms with Crippen LogP contribution in [0, 0.1) is 0 Å².